The molecule has 2 unspecified atom stereocenters. The smallest absolute Gasteiger partial charge is 0.328 e. The number of aromatic nitrogens is 3. The summed E-state index contributed by atoms with van der Waals surface area (Å²) in [5.41, 5.74) is 7.62. The van der Waals surface area contributed by atoms with E-state index in [9.17, 15) is 4.79 Å². The van der Waals surface area contributed by atoms with Gasteiger partial charge in [0, 0.05) is 35.3 Å². The highest BCUT2D eigenvalue weighted by molar-refractivity contribution is 7.12. The average Bonchev–Trinajstić information content (AvgIpc) is 3.46. The molecule has 2 amide bonds. The Labute approximate surface area is 228 Å². The van der Waals surface area contributed by atoms with E-state index in [1.54, 1.807) is 53.6 Å². The predicted octanol–water partition coefficient (Wildman–Crippen LogP) is 6.60. The van der Waals surface area contributed by atoms with Crippen molar-refractivity contribution < 1.29 is 9.18 Å². The lowest BCUT2D eigenvalue weighted by Crippen LogP contribution is -2.36. The monoisotopic (exact) mass is 558 g/mol. The summed E-state index contributed by atoms with van der Waals surface area (Å²) in [5, 5.41) is 1.61. The average molecular weight is 559 g/mol. The summed E-state index contributed by atoms with van der Waals surface area (Å²) < 4.78 is 16.3. The van der Waals surface area contributed by atoms with Crippen LogP contribution in [0.3, 0.4) is 0 Å². The van der Waals surface area contributed by atoms with Gasteiger partial charge in [-0.05, 0) is 30.3 Å². The number of nitrogen functional groups attached to an aromatic ring is 1. The number of anilines is 2. The van der Waals surface area contributed by atoms with Crippen molar-refractivity contribution in [3.8, 4) is 11.4 Å². The van der Waals surface area contributed by atoms with Crippen molar-refractivity contribution in [1.82, 2.24) is 19.9 Å². The van der Waals surface area contributed by atoms with Crippen LogP contribution in [0.2, 0.25) is 10.0 Å². The molecule has 37 heavy (non-hydrogen) atoms. The first-order valence-electron chi connectivity index (χ1n) is 11.7. The summed E-state index contributed by atoms with van der Waals surface area (Å²) in [5.74, 6) is -0.526. The number of amides is 2. The number of rotatable bonds is 4. The Morgan fingerprint density at radius 1 is 1.11 bits per heavy atom. The van der Waals surface area contributed by atoms with Gasteiger partial charge in [0.2, 0.25) is 5.95 Å². The molecule has 0 bridgehead atoms. The maximum atomic E-state index is 16.3. The number of thiazole rings is 1. The number of alkyl halides is 1. The Bertz CT molecular complexity index is 1430. The molecule has 2 aliphatic rings. The van der Waals surface area contributed by atoms with Crippen LogP contribution in [0.25, 0.3) is 11.4 Å². The van der Waals surface area contributed by atoms with E-state index in [1.807, 2.05) is 0 Å². The number of hydrogen-bond donors (Lipinski definition) is 1. The minimum Gasteiger partial charge on any atom is -0.368 e. The molecule has 192 valence electrons. The number of halogens is 3. The maximum Gasteiger partial charge on any atom is 0.328 e. The van der Waals surface area contributed by atoms with E-state index in [4.69, 9.17) is 33.9 Å². The standard InChI is InChI=1S/C26H25Cl2FN6OS/c1-26(2,3)23-33-21(18-9-10-31-24(30)32-18)22(37-23)15-5-4-6-19(20(15)29)35-12-11-34(25(35)36)14-7-8-16(27)17(28)13-14/h4-10,13,15,20H,11-12H2,1-3H3,(H2,30,31,32). The number of nitrogens with two attached hydrogens (primary N) is 1. The normalized spacial score (nSPS) is 20.1. The molecule has 1 aliphatic heterocycles. The van der Waals surface area contributed by atoms with Crippen molar-refractivity contribution in [2.24, 2.45) is 0 Å². The van der Waals surface area contributed by atoms with Crippen LogP contribution in [0.15, 0.2) is 54.4 Å². The summed E-state index contributed by atoms with van der Waals surface area (Å²) in [4.78, 5) is 30.3. The third-order valence-corrected chi connectivity index (χ3v) is 8.55. The number of nitrogens with zero attached hydrogens (tertiary/aromatic N) is 5. The number of benzene rings is 1. The number of carbonyl (C=O) groups is 1. The first kappa shape index (κ1) is 25.6. The predicted molar refractivity (Wildman–Crippen MR) is 147 cm³/mol. The highest BCUT2D eigenvalue weighted by atomic mass is 35.5. The second-order valence-electron chi connectivity index (χ2n) is 9.87. The molecule has 1 fully saturated rings. The molecule has 3 aromatic rings. The number of hydrogen-bond acceptors (Lipinski definition) is 6. The van der Waals surface area contributed by atoms with E-state index in [2.05, 4.69) is 30.7 Å². The SMILES string of the molecule is CC(C)(C)c1nc(-c2ccnc(N)n2)c(C2C=CC=C(N3CCN(c4ccc(Cl)c(Cl)c4)C3=O)C2F)s1. The van der Waals surface area contributed by atoms with E-state index in [1.165, 1.54) is 16.2 Å². The highest BCUT2D eigenvalue weighted by Gasteiger charge is 2.40. The highest BCUT2D eigenvalue weighted by Crippen LogP contribution is 2.44. The molecular formula is C26H25Cl2FN6OS. The van der Waals surface area contributed by atoms with Crippen LogP contribution in [0.1, 0.15) is 36.6 Å². The number of carbonyl (C=O) groups excluding carboxylic acids is 1. The van der Waals surface area contributed by atoms with E-state index in [0.717, 1.165) is 9.88 Å². The lowest BCUT2D eigenvalue weighted by atomic mass is 9.92. The summed E-state index contributed by atoms with van der Waals surface area (Å²) in [6, 6.07) is 6.41. The van der Waals surface area contributed by atoms with Crippen LogP contribution < -0.4 is 10.6 Å². The Morgan fingerprint density at radius 3 is 2.57 bits per heavy atom. The second-order valence-corrected chi connectivity index (χ2v) is 11.7. The Balaban J connectivity index is 1.47. The third-order valence-electron chi connectivity index (χ3n) is 6.23. The lowest BCUT2D eigenvalue weighted by Gasteiger charge is -2.29. The fourth-order valence-corrected chi connectivity index (χ4v) is 5.87. The van der Waals surface area contributed by atoms with Crippen LogP contribution in [0.5, 0.6) is 0 Å². The van der Waals surface area contributed by atoms with Crippen LogP contribution in [-0.2, 0) is 5.41 Å². The molecule has 2 aromatic heterocycles. The zero-order valence-electron chi connectivity index (χ0n) is 20.5. The summed E-state index contributed by atoms with van der Waals surface area (Å²) in [7, 11) is 0. The molecule has 1 saturated heterocycles. The fourth-order valence-electron chi connectivity index (χ4n) is 4.34. The van der Waals surface area contributed by atoms with Gasteiger partial charge in [-0.3, -0.25) is 9.80 Å². The number of allylic oxidation sites excluding steroid dienone is 4. The van der Waals surface area contributed by atoms with Gasteiger partial charge in [0.25, 0.3) is 0 Å². The minimum absolute atomic E-state index is 0.121. The van der Waals surface area contributed by atoms with Gasteiger partial charge in [-0.1, -0.05) is 56.1 Å². The molecular weight excluding hydrogens is 534 g/mol. The van der Waals surface area contributed by atoms with Crippen molar-refractivity contribution >= 4 is 52.2 Å². The third kappa shape index (κ3) is 4.83. The first-order chi connectivity index (χ1) is 17.5. The van der Waals surface area contributed by atoms with Crippen molar-refractivity contribution in [3.63, 3.8) is 0 Å². The van der Waals surface area contributed by atoms with Gasteiger partial charge in [-0.25, -0.2) is 24.1 Å². The quantitative estimate of drug-likeness (QED) is 0.389. The molecule has 2 N–H and O–H groups in total. The van der Waals surface area contributed by atoms with Gasteiger partial charge < -0.3 is 5.73 Å². The van der Waals surface area contributed by atoms with Gasteiger partial charge in [0.05, 0.1) is 32.4 Å². The van der Waals surface area contributed by atoms with Crippen LogP contribution in [0.4, 0.5) is 20.8 Å². The van der Waals surface area contributed by atoms with E-state index in [0.29, 0.717) is 45.9 Å². The van der Waals surface area contributed by atoms with E-state index < -0.39 is 12.1 Å². The molecule has 0 spiro atoms. The summed E-state index contributed by atoms with van der Waals surface area (Å²) >= 11 is 13.6. The molecule has 2 atom stereocenters. The van der Waals surface area contributed by atoms with Gasteiger partial charge in [0.1, 0.15) is 5.69 Å². The maximum absolute atomic E-state index is 16.3. The second kappa shape index (κ2) is 9.70. The molecule has 1 aliphatic carbocycles. The number of urea groups is 1. The van der Waals surface area contributed by atoms with E-state index in [-0.39, 0.29) is 17.4 Å². The van der Waals surface area contributed by atoms with Gasteiger partial charge in [-0.15, -0.1) is 11.3 Å². The topological polar surface area (TPSA) is 88.2 Å². The van der Waals surface area contributed by atoms with Gasteiger partial charge >= 0.3 is 6.03 Å². The van der Waals surface area contributed by atoms with E-state index >= 15 is 4.39 Å². The van der Waals surface area contributed by atoms with Crippen molar-refractivity contribution in [2.75, 3.05) is 23.7 Å². The zero-order valence-corrected chi connectivity index (χ0v) is 22.8. The zero-order chi connectivity index (χ0) is 26.5. The molecule has 7 nitrogen and oxygen atoms in total. The van der Waals surface area contributed by atoms with Crippen molar-refractivity contribution in [1.29, 1.82) is 0 Å². The summed E-state index contributed by atoms with van der Waals surface area (Å²) in [6.07, 6.45) is 5.35. The van der Waals surface area contributed by atoms with Crippen molar-refractivity contribution in [3.05, 3.63) is 74.3 Å². The van der Waals surface area contributed by atoms with Crippen LogP contribution in [0, 0.1) is 0 Å². The largest absolute Gasteiger partial charge is 0.368 e. The molecule has 0 radical (unpaired) electrons. The van der Waals surface area contributed by atoms with Gasteiger partial charge in [-0.2, -0.15) is 0 Å². The molecule has 1 aromatic carbocycles. The Kier molecular flexibility index (Phi) is 6.72. The van der Waals surface area contributed by atoms with Crippen molar-refractivity contribution in [2.45, 2.75) is 38.3 Å². The Morgan fingerprint density at radius 2 is 1.86 bits per heavy atom. The Hall–Kier alpha value is -3.01. The van der Waals surface area contributed by atoms with Crippen LogP contribution in [-0.4, -0.2) is 45.1 Å². The fraction of sp³-hybridized carbons (Fsp3) is 0.308. The first-order valence-corrected chi connectivity index (χ1v) is 13.3. The molecule has 5 rings (SSSR count). The molecule has 3 heterocycles. The summed E-state index contributed by atoms with van der Waals surface area (Å²) in [6.45, 7) is 6.92. The molecule has 0 saturated carbocycles. The van der Waals surface area contributed by atoms with Crippen LogP contribution >= 0.6 is 34.5 Å². The minimum atomic E-state index is -1.46. The molecule has 11 heteroatoms. The lowest BCUT2D eigenvalue weighted by molar-refractivity contribution is 0.217. The van der Waals surface area contributed by atoms with Gasteiger partial charge in [0.15, 0.2) is 6.17 Å².